The third kappa shape index (κ3) is 4.93. The molecule has 0 saturated carbocycles. The van der Waals surface area contributed by atoms with Gasteiger partial charge in [0.1, 0.15) is 18.1 Å². The van der Waals surface area contributed by atoms with Gasteiger partial charge in [0.15, 0.2) is 0 Å². The summed E-state index contributed by atoms with van der Waals surface area (Å²) in [4.78, 5) is 43.3. The van der Waals surface area contributed by atoms with Gasteiger partial charge in [-0.05, 0) is 55.6 Å². The summed E-state index contributed by atoms with van der Waals surface area (Å²) in [5.74, 6) is 0.337. The molecular weight excluding hydrogens is 440 g/mol. The van der Waals surface area contributed by atoms with Crippen LogP contribution in [0.5, 0.6) is 5.75 Å². The van der Waals surface area contributed by atoms with E-state index in [9.17, 15) is 14.4 Å². The van der Waals surface area contributed by atoms with Crippen molar-refractivity contribution < 1.29 is 14.3 Å². The standard InChI is InChI=1S/C24H22N4O4S/c1-3-32-20-8-5-4-7-19(20)27-22(29)14-28-15(2)25-18-11-10-16(13-17(18)24(28)31)26-23(30)21-9-6-12-33-21/h4-13H,3,14H2,1-2H3,(H,26,30)(H,27,29). The van der Waals surface area contributed by atoms with Crippen LogP contribution in [0.25, 0.3) is 10.9 Å². The van der Waals surface area contributed by atoms with Crippen molar-refractivity contribution in [1.82, 2.24) is 9.55 Å². The third-order valence-corrected chi connectivity index (χ3v) is 5.78. The number of benzene rings is 2. The molecule has 0 spiro atoms. The highest BCUT2D eigenvalue weighted by Gasteiger charge is 2.15. The van der Waals surface area contributed by atoms with Crippen LogP contribution in [0.1, 0.15) is 22.4 Å². The quantitative estimate of drug-likeness (QED) is 0.431. The highest BCUT2D eigenvalue weighted by molar-refractivity contribution is 7.12. The highest BCUT2D eigenvalue weighted by Crippen LogP contribution is 2.23. The van der Waals surface area contributed by atoms with Gasteiger partial charge in [0.2, 0.25) is 5.91 Å². The zero-order valence-electron chi connectivity index (χ0n) is 18.1. The molecule has 4 aromatic rings. The molecule has 8 nitrogen and oxygen atoms in total. The lowest BCUT2D eigenvalue weighted by molar-refractivity contribution is -0.116. The highest BCUT2D eigenvalue weighted by atomic mass is 32.1. The predicted octanol–water partition coefficient (Wildman–Crippen LogP) is 4.06. The number of fused-ring (bicyclic) bond motifs is 1. The van der Waals surface area contributed by atoms with Gasteiger partial charge in [-0.1, -0.05) is 18.2 Å². The minimum absolute atomic E-state index is 0.208. The Morgan fingerprint density at radius 1 is 1.09 bits per heavy atom. The molecule has 4 rings (SSSR count). The topological polar surface area (TPSA) is 102 Å². The lowest BCUT2D eigenvalue weighted by Gasteiger charge is -2.14. The number of carbonyl (C=O) groups excluding carboxylic acids is 2. The Morgan fingerprint density at radius 3 is 2.67 bits per heavy atom. The molecule has 33 heavy (non-hydrogen) atoms. The predicted molar refractivity (Wildman–Crippen MR) is 129 cm³/mol. The number of hydrogen-bond acceptors (Lipinski definition) is 6. The van der Waals surface area contributed by atoms with E-state index in [-0.39, 0.29) is 23.9 Å². The Morgan fingerprint density at radius 2 is 1.91 bits per heavy atom. The second-order valence-electron chi connectivity index (χ2n) is 7.19. The van der Waals surface area contributed by atoms with Gasteiger partial charge in [-0.25, -0.2) is 4.98 Å². The molecule has 168 valence electrons. The van der Waals surface area contributed by atoms with Crippen molar-refractivity contribution >= 4 is 45.4 Å². The molecule has 2 amide bonds. The number of ether oxygens (including phenoxy) is 1. The van der Waals surface area contributed by atoms with Gasteiger partial charge < -0.3 is 15.4 Å². The van der Waals surface area contributed by atoms with E-state index in [2.05, 4.69) is 15.6 Å². The molecule has 2 N–H and O–H groups in total. The second kappa shape index (κ2) is 9.66. The van der Waals surface area contributed by atoms with E-state index >= 15 is 0 Å². The van der Waals surface area contributed by atoms with Crippen LogP contribution in [0, 0.1) is 6.92 Å². The van der Waals surface area contributed by atoms with Gasteiger partial charge in [-0.15, -0.1) is 11.3 Å². The van der Waals surface area contributed by atoms with Gasteiger partial charge in [-0.3, -0.25) is 19.0 Å². The van der Waals surface area contributed by atoms with Crippen LogP contribution in [-0.2, 0) is 11.3 Å². The monoisotopic (exact) mass is 462 g/mol. The van der Waals surface area contributed by atoms with Crippen LogP contribution in [0.2, 0.25) is 0 Å². The maximum atomic E-state index is 13.2. The number of hydrogen-bond donors (Lipinski definition) is 2. The number of amides is 2. The summed E-state index contributed by atoms with van der Waals surface area (Å²) >= 11 is 1.33. The zero-order valence-corrected chi connectivity index (χ0v) is 18.9. The number of nitrogens with zero attached hydrogens (tertiary/aromatic N) is 2. The number of nitrogens with one attached hydrogen (secondary N) is 2. The third-order valence-electron chi connectivity index (χ3n) is 4.91. The first-order valence-electron chi connectivity index (χ1n) is 10.3. The first-order valence-corrected chi connectivity index (χ1v) is 11.2. The Bertz CT molecular complexity index is 1380. The number of thiophene rings is 1. The van der Waals surface area contributed by atoms with E-state index in [0.29, 0.717) is 45.3 Å². The molecule has 0 saturated heterocycles. The number of carbonyl (C=O) groups is 2. The molecule has 0 fully saturated rings. The normalized spacial score (nSPS) is 10.7. The van der Waals surface area contributed by atoms with Gasteiger partial charge in [0, 0.05) is 5.69 Å². The van der Waals surface area contributed by atoms with Gasteiger partial charge >= 0.3 is 0 Å². The largest absolute Gasteiger partial charge is 0.492 e. The first kappa shape index (κ1) is 22.2. The second-order valence-corrected chi connectivity index (χ2v) is 8.14. The molecule has 0 aliphatic rings. The van der Waals surface area contributed by atoms with E-state index in [1.54, 1.807) is 55.5 Å². The van der Waals surface area contributed by atoms with Crippen LogP contribution < -0.4 is 20.9 Å². The Kier molecular flexibility index (Phi) is 6.50. The molecule has 9 heteroatoms. The Labute approximate surface area is 193 Å². The van der Waals surface area contributed by atoms with Crippen molar-refractivity contribution in [3.8, 4) is 5.75 Å². The van der Waals surface area contributed by atoms with E-state index in [1.165, 1.54) is 15.9 Å². The van der Waals surface area contributed by atoms with Gasteiger partial charge in [0.25, 0.3) is 11.5 Å². The molecule has 0 aliphatic carbocycles. The molecule has 2 aromatic heterocycles. The molecule has 0 bridgehead atoms. The van der Waals surface area contributed by atoms with Crippen molar-refractivity contribution in [2.45, 2.75) is 20.4 Å². The fourth-order valence-corrected chi connectivity index (χ4v) is 4.00. The van der Waals surface area contributed by atoms with Crippen LogP contribution in [0.3, 0.4) is 0 Å². The first-order chi connectivity index (χ1) is 16.0. The fraction of sp³-hybridized carbons (Fsp3) is 0.167. The molecule has 0 atom stereocenters. The van der Waals surface area contributed by atoms with Crippen molar-refractivity contribution in [3.63, 3.8) is 0 Å². The number of rotatable bonds is 7. The number of aryl methyl sites for hydroxylation is 1. The van der Waals surface area contributed by atoms with Crippen molar-refractivity contribution in [2.75, 3.05) is 17.2 Å². The van der Waals surface area contributed by atoms with Gasteiger partial charge in [0.05, 0.1) is 28.1 Å². The van der Waals surface area contributed by atoms with E-state index < -0.39 is 0 Å². The van der Waals surface area contributed by atoms with Crippen molar-refractivity contribution in [1.29, 1.82) is 0 Å². The molecule has 0 aliphatic heterocycles. The lowest BCUT2D eigenvalue weighted by atomic mass is 10.2. The molecule has 2 heterocycles. The lowest BCUT2D eigenvalue weighted by Crippen LogP contribution is -2.30. The Hall–Kier alpha value is -3.98. The summed E-state index contributed by atoms with van der Waals surface area (Å²) in [5, 5.41) is 7.71. The molecule has 2 aromatic carbocycles. The summed E-state index contributed by atoms with van der Waals surface area (Å²) in [6.07, 6.45) is 0. The zero-order chi connectivity index (χ0) is 23.4. The maximum absolute atomic E-state index is 13.2. The minimum Gasteiger partial charge on any atom is -0.492 e. The van der Waals surface area contributed by atoms with Crippen LogP contribution in [0.15, 0.2) is 64.8 Å². The van der Waals surface area contributed by atoms with Crippen LogP contribution in [0.4, 0.5) is 11.4 Å². The number of anilines is 2. The van der Waals surface area contributed by atoms with Crippen LogP contribution >= 0.6 is 11.3 Å². The van der Waals surface area contributed by atoms with Gasteiger partial charge in [-0.2, -0.15) is 0 Å². The number of aromatic nitrogens is 2. The molecular formula is C24H22N4O4S. The molecule has 0 radical (unpaired) electrons. The summed E-state index contributed by atoms with van der Waals surface area (Å²) in [5.41, 5.74) is 1.13. The van der Waals surface area contributed by atoms with Crippen LogP contribution in [-0.4, -0.2) is 28.0 Å². The SMILES string of the molecule is CCOc1ccccc1NC(=O)Cn1c(C)nc2ccc(NC(=O)c3cccs3)cc2c1=O. The van der Waals surface area contributed by atoms with Crippen molar-refractivity contribution in [2.24, 2.45) is 0 Å². The maximum Gasteiger partial charge on any atom is 0.265 e. The summed E-state index contributed by atoms with van der Waals surface area (Å²) in [6, 6.07) is 15.6. The summed E-state index contributed by atoms with van der Waals surface area (Å²) < 4.78 is 6.85. The minimum atomic E-state index is -0.379. The smallest absolute Gasteiger partial charge is 0.265 e. The van der Waals surface area contributed by atoms with E-state index in [4.69, 9.17) is 4.74 Å². The summed E-state index contributed by atoms with van der Waals surface area (Å²) in [7, 11) is 0. The van der Waals surface area contributed by atoms with E-state index in [1.807, 2.05) is 18.4 Å². The number of para-hydroxylation sites is 2. The molecule has 0 unspecified atom stereocenters. The van der Waals surface area contributed by atoms with Crippen molar-refractivity contribution in [3.05, 3.63) is 81.0 Å². The average Bonchev–Trinajstić information content (AvgIpc) is 3.34. The Balaban J connectivity index is 1.59. The summed E-state index contributed by atoms with van der Waals surface area (Å²) in [6.45, 7) is 3.79. The average molecular weight is 463 g/mol. The fourth-order valence-electron chi connectivity index (χ4n) is 3.38. The van der Waals surface area contributed by atoms with E-state index in [0.717, 1.165) is 0 Å².